The summed E-state index contributed by atoms with van der Waals surface area (Å²) in [6, 6.07) is 9.01. The molecule has 1 aliphatic heterocycles. The molecule has 2 amide bonds. The van der Waals surface area contributed by atoms with Crippen molar-refractivity contribution < 1.29 is 14.3 Å². The van der Waals surface area contributed by atoms with Crippen molar-refractivity contribution in [2.24, 2.45) is 0 Å². The van der Waals surface area contributed by atoms with Gasteiger partial charge in [-0.05, 0) is 29.6 Å². The average molecular weight is 356 g/mol. The molecule has 0 fully saturated rings. The third-order valence-corrected chi connectivity index (χ3v) is 4.40. The Hall–Kier alpha value is -3.00. The second-order valence-corrected chi connectivity index (χ2v) is 6.21. The summed E-state index contributed by atoms with van der Waals surface area (Å²) in [6.07, 6.45) is 1.91. The summed E-state index contributed by atoms with van der Waals surface area (Å²) in [5, 5.41) is 14.2. The van der Waals surface area contributed by atoms with Crippen molar-refractivity contribution >= 4 is 23.1 Å². The Balaban J connectivity index is 1.26. The van der Waals surface area contributed by atoms with Gasteiger partial charge in [-0.2, -0.15) is 16.4 Å². The first-order chi connectivity index (χ1) is 12.3. The molecule has 2 N–H and O–H groups in total. The maximum atomic E-state index is 12.0. The van der Waals surface area contributed by atoms with Crippen LogP contribution in [0, 0.1) is 0 Å². The Morgan fingerprint density at radius 1 is 1.24 bits per heavy atom. The zero-order valence-electron chi connectivity index (χ0n) is 13.3. The molecule has 3 heterocycles. The highest BCUT2D eigenvalue weighted by Gasteiger charge is 2.14. The fourth-order valence-electron chi connectivity index (χ4n) is 2.48. The number of fused-ring (bicyclic) bond motifs is 1. The van der Waals surface area contributed by atoms with Crippen LogP contribution in [0.1, 0.15) is 0 Å². The highest BCUT2D eigenvalue weighted by Crippen LogP contribution is 2.34. The molecule has 0 radical (unpaired) electrons. The zero-order valence-corrected chi connectivity index (χ0v) is 14.1. The Morgan fingerprint density at radius 2 is 2.16 bits per heavy atom. The van der Waals surface area contributed by atoms with Crippen molar-refractivity contribution in [3.05, 3.63) is 47.3 Å². The van der Waals surface area contributed by atoms with E-state index in [-0.39, 0.29) is 12.8 Å². The van der Waals surface area contributed by atoms with Gasteiger partial charge in [0.05, 0.1) is 12.2 Å². The molecule has 1 aliphatic rings. The highest BCUT2D eigenvalue weighted by molar-refractivity contribution is 7.08. The number of urea groups is 1. The van der Waals surface area contributed by atoms with Crippen LogP contribution in [-0.2, 0) is 6.54 Å². The van der Waals surface area contributed by atoms with E-state index in [0.717, 1.165) is 11.3 Å². The third kappa shape index (κ3) is 3.58. The first kappa shape index (κ1) is 15.5. The van der Waals surface area contributed by atoms with Gasteiger partial charge in [0.2, 0.25) is 6.79 Å². The van der Waals surface area contributed by atoms with Crippen molar-refractivity contribution in [1.82, 2.24) is 15.1 Å². The summed E-state index contributed by atoms with van der Waals surface area (Å²) in [4.78, 5) is 12.0. The van der Waals surface area contributed by atoms with E-state index in [4.69, 9.17) is 9.47 Å². The number of ether oxygens (including phenoxy) is 2. The van der Waals surface area contributed by atoms with E-state index in [1.54, 1.807) is 29.5 Å². The Labute approximate surface area is 148 Å². The molecular formula is C17H16N4O3S. The van der Waals surface area contributed by atoms with Gasteiger partial charge in [0, 0.05) is 35.4 Å². The van der Waals surface area contributed by atoms with Crippen LogP contribution in [0.15, 0.2) is 47.3 Å². The van der Waals surface area contributed by atoms with Crippen LogP contribution in [0.2, 0.25) is 0 Å². The Kier molecular flexibility index (Phi) is 4.26. The van der Waals surface area contributed by atoms with Crippen LogP contribution in [0.3, 0.4) is 0 Å². The second kappa shape index (κ2) is 6.86. The molecule has 1 aromatic carbocycles. The number of carbonyl (C=O) groups is 1. The minimum atomic E-state index is -0.274. The molecule has 25 heavy (non-hydrogen) atoms. The van der Waals surface area contributed by atoms with Gasteiger partial charge in [0.15, 0.2) is 11.5 Å². The number of thiophene rings is 1. The summed E-state index contributed by atoms with van der Waals surface area (Å²) in [7, 11) is 0. The van der Waals surface area contributed by atoms with E-state index in [9.17, 15) is 4.79 Å². The van der Waals surface area contributed by atoms with Gasteiger partial charge < -0.3 is 20.1 Å². The summed E-state index contributed by atoms with van der Waals surface area (Å²) in [5.41, 5.74) is 2.70. The molecule has 0 spiro atoms. The van der Waals surface area contributed by atoms with Crippen LogP contribution >= 0.6 is 11.3 Å². The van der Waals surface area contributed by atoms with E-state index in [2.05, 4.69) is 21.1 Å². The molecule has 2 aromatic heterocycles. The molecule has 4 rings (SSSR count). The van der Waals surface area contributed by atoms with E-state index in [1.807, 2.05) is 28.4 Å². The number of nitrogens with one attached hydrogen (secondary N) is 2. The fourth-order valence-corrected chi connectivity index (χ4v) is 3.13. The first-order valence-electron chi connectivity index (χ1n) is 7.78. The number of carbonyl (C=O) groups excluding carboxylic acids is 1. The predicted octanol–water partition coefficient (Wildman–Crippen LogP) is 3.16. The summed E-state index contributed by atoms with van der Waals surface area (Å²) in [5.74, 6) is 1.32. The number of anilines is 1. The maximum absolute atomic E-state index is 12.0. The molecule has 0 bridgehead atoms. The third-order valence-electron chi connectivity index (χ3n) is 3.71. The molecule has 3 aromatic rings. The van der Waals surface area contributed by atoms with E-state index in [0.29, 0.717) is 30.3 Å². The Morgan fingerprint density at radius 3 is 3.04 bits per heavy atom. The lowest BCUT2D eigenvalue weighted by Crippen LogP contribution is -2.31. The summed E-state index contributed by atoms with van der Waals surface area (Å²) < 4.78 is 12.3. The SMILES string of the molecule is O=C(NCCn1ccc(-c2ccsc2)n1)Nc1ccc2c(c1)OCO2. The average Bonchev–Trinajstić information content (AvgIpc) is 3.35. The van der Waals surface area contributed by atoms with Crippen molar-refractivity contribution in [2.45, 2.75) is 6.54 Å². The lowest BCUT2D eigenvalue weighted by Gasteiger charge is -2.08. The largest absolute Gasteiger partial charge is 0.454 e. The molecule has 8 heteroatoms. The first-order valence-corrected chi connectivity index (χ1v) is 8.73. The van der Waals surface area contributed by atoms with Crippen molar-refractivity contribution in [3.63, 3.8) is 0 Å². The van der Waals surface area contributed by atoms with Gasteiger partial charge in [0.25, 0.3) is 0 Å². The maximum Gasteiger partial charge on any atom is 0.319 e. The van der Waals surface area contributed by atoms with Gasteiger partial charge in [-0.1, -0.05) is 0 Å². The quantitative estimate of drug-likeness (QED) is 0.736. The molecule has 128 valence electrons. The molecule has 7 nitrogen and oxygen atoms in total. The van der Waals surface area contributed by atoms with Crippen molar-refractivity contribution in [1.29, 1.82) is 0 Å². The number of amides is 2. The van der Waals surface area contributed by atoms with Gasteiger partial charge >= 0.3 is 6.03 Å². The Bertz CT molecular complexity index is 876. The normalized spacial score (nSPS) is 12.2. The standard InChI is InChI=1S/C17H16N4O3S/c22-17(19-13-1-2-15-16(9-13)24-11-23-15)18-5-7-21-6-3-14(20-21)12-4-8-25-10-12/h1-4,6,8-10H,5,7,11H2,(H2,18,19,22). The van der Waals surface area contributed by atoms with Gasteiger partial charge in [-0.15, -0.1) is 0 Å². The van der Waals surface area contributed by atoms with Crippen molar-refractivity contribution in [2.75, 3.05) is 18.7 Å². The predicted molar refractivity (Wildman–Crippen MR) is 95.1 cm³/mol. The van der Waals surface area contributed by atoms with E-state index in [1.165, 1.54) is 0 Å². The second-order valence-electron chi connectivity index (χ2n) is 5.43. The summed E-state index contributed by atoms with van der Waals surface area (Å²) in [6.45, 7) is 1.28. The minimum Gasteiger partial charge on any atom is -0.454 e. The van der Waals surface area contributed by atoms with E-state index >= 15 is 0 Å². The lowest BCUT2D eigenvalue weighted by molar-refractivity contribution is 0.174. The molecule has 0 atom stereocenters. The monoisotopic (exact) mass is 356 g/mol. The summed E-state index contributed by atoms with van der Waals surface area (Å²) >= 11 is 1.64. The number of rotatable bonds is 5. The minimum absolute atomic E-state index is 0.211. The van der Waals surface area contributed by atoms with Crippen LogP contribution in [0.5, 0.6) is 11.5 Å². The molecule has 0 saturated carbocycles. The number of hydrogen-bond acceptors (Lipinski definition) is 5. The lowest BCUT2D eigenvalue weighted by atomic mass is 10.2. The molecule has 0 saturated heterocycles. The molecule has 0 unspecified atom stereocenters. The van der Waals surface area contributed by atoms with Crippen LogP contribution in [0.25, 0.3) is 11.3 Å². The topological polar surface area (TPSA) is 77.4 Å². The van der Waals surface area contributed by atoms with Crippen molar-refractivity contribution in [3.8, 4) is 22.8 Å². The number of nitrogens with zero attached hydrogens (tertiary/aromatic N) is 2. The smallest absolute Gasteiger partial charge is 0.319 e. The number of hydrogen-bond donors (Lipinski definition) is 2. The molecule has 0 aliphatic carbocycles. The van der Waals surface area contributed by atoms with Gasteiger partial charge in [0.1, 0.15) is 0 Å². The van der Waals surface area contributed by atoms with Crippen LogP contribution in [-0.4, -0.2) is 29.1 Å². The number of aromatic nitrogens is 2. The fraction of sp³-hybridized carbons (Fsp3) is 0.176. The van der Waals surface area contributed by atoms with Crippen LogP contribution < -0.4 is 20.1 Å². The zero-order chi connectivity index (χ0) is 17.1. The highest BCUT2D eigenvalue weighted by atomic mass is 32.1. The van der Waals surface area contributed by atoms with Crippen LogP contribution in [0.4, 0.5) is 10.5 Å². The van der Waals surface area contributed by atoms with Gasteiger partial charge in [-0.25, -0.2) is 4.79 Å². The molecular weight excluding hydrogens is 340 g/mol. The number of benzene rings is 1. The van der Waals surface area contributed by atoms with E-state index < -0.39 is 0 Å². The van der Waals surface area contributed by atoms with Gasteiger partial charge in [-0.3, -0.25) is 4.68 Å².